The second kappa shape index (κ2) is 5.30. The van der Waals surface area contributed by atoms with Crippen LogP contribution in [0.5, 0.6) is 5.75 Å². The average Bonchev–Trinajstić information content (AvgIpc) is 2.88. The first kappa shape index (κ1) is 14.3. The molecule has 8 heteroatoms. The van der Waals surface area contributed by atoms with Crippen molar-refractivity contribution in [3.63, 3.8) is 0 Å². The molecule has 0 saturated heterocycles. The third-order valence-corrected chi connectivity index (χ3v) is 4.46. The van der Waals surface area contributed by atoms with Crippen LogP contribution in [0.4, 0.5) is 5.69 Å². The number of rotatable bonds is 4. The van der Waals surface area contributed by atoms with Gasteiger partial charge in [0.2, 0.25) is 0 Å². The first-order valence-corrected chi connectivity index (χ1v) is 7.97. The minimum atomic E-state index is -3.71. The molecular weight excluding hydrogens is 304 g/mol. The molecule has 0 aliphatic carbocycles. The highest BCUT2D eigenvalue weighted by Gasteiger charge is 2.16. The summed E-state index contributed by atoms with van der Waals surface area (Å²) in [5, 5.41) is 4.15. The second-order valence-corrected chi connectivity index (χ2v) is 6.31. The third-order valence-electron chi connectivity index (χ3n) is 3.08. The number of aryl methyl sites for hydroxylation is 1. The van der Waals surface area contributed by atoms with Gasteiger partial charge in [0.25, 0.3) is 10.0 Å². The van der Waals surface area contributed by atoms with Crippen molar-refractivity contribution >= 4 is 21.4 Å². The fraction of sp³-hybridized carbons (Fsp3) is 0.143. The Balaban J connectivity index is 1.98. The lowest BCUT2D eigenvalue weighted by Crippen LogP contribution is -2.13. The van der Waals surface area contributed by atoms with Crippen LogP contribution < -0.4 is 9.46 Å². The van der Waals surface area contributed by atoms with Crippen LogP contribution in [0.3, 0.4) is 0 Å². The predicted octanol–water partition coefficient (Wildman–Crippen LogP) is 1.85. The van der Waals surface area contributed by atoms with E-state index in [1.807, 2.05) is 0 Å². The van der Waals surface area contributed by atoms with Gasteiger partial charge in [0.15, 0.2) is 5.65 Å². The standard InChI is InChI=1S/C14H14N4O3S/c1-10-15-14-13(4-3-9-18(14)16-10)17-22(19,20)12-7-5-11(21-2)6-8-12/h3-9,17H,1-2H3. The van der Waals surface area contributed by atoms with Crippen molar-refractivity contribution in [2.45, 2.75) is 11.8 Å². The number of benzene rings is 1. The summed E-state index contributed by atoms with van der Waals surface area (Å²) in [5.41, 5.74) is 0.830. The maximum atomic E-state index is 12.4. The fourth-order valence-corrected chi connectivity index (χ4v) is 3.11. The van der Waals surface area contributed by atoms with E-state index in [1.54, 1.807) is 37.4 Å². The number of aromatic nitrogens is 3. The van der Waals surface area contributed by atoms with Crippen molar-refractivity contribution in [3.8, 4) is 5.75 Å². The molecular formula is C14H14N4O3S. The van der Waals surface area contributed by atoms with Crippen molar-refractivity contribution in [3.05, 3.63) is 48.4 Å². The second-order valence-electron chi connectivity index (χ2n) is 4.63. The van der Waals surface area contributed by atoms with Gasteiger partial charge in [-0.2, -0.15) is 5.10 Å². The van der Waals surface area contributed by atoms with E-state index in [9.17, 15) is 8.42 Å². The quantitative estimate of drug-likeness (QED) is 0.793. The number of ether oxygens (including phenoxy) is 1. The lowest BCUT2D eigenvalue weighted by Gasteiger charge is -2.09. The highest BCUT2D eigenvalue weighted by molar-refractivity contribution is 7.92. The lowest BCUT2D eigenvalue weighted by molar-refractivity contribution is 0.414. The molecule has 1 N–H and O–H groups in total. The molecule has 0 spiro atoms. The first-order valence-electron chi connectivity index (χ1n) is 6.48. The summed E-state index contributed by atoms with van der Waals surface area (Å²) < 4.78 is 34.0. The van der Waals surface area contributed by atoms with Crippen molar-refractivity contribution in [2.24, 2.45) is 0 Å². The van der Waals surface area contributed by atoms with Crippen molar-refractivity contribution in [1.82, 2.24) is 14.6 Å². The molecule has 0 fully saturated rings. The first-order chi connectivity index (χ1) is 10.5. The van der Waals surface area contributed by atoms with E-state index in [-0.39, 0.29) is 4.90 Å². The van der Waals surface area contributed by atoms with Crippen LogP contribution >= 0.6 is 0 Å². The Morgan fingerprint density at radius 2 is 1.91 bits per heavy atom. The van der Waals surface area contributed by atoms with Gasteiger partial charge in [0.1, 0.15) is 11.6 Å². The topological polar surface area (TPSA) is 85.6 Å². The minimum absolute atomic E-state index is 0.145. The highest BCUT2D eigenvalue weighted by atomic mass is 32.2. The molecule has 22 heavy (non-hydrogen) atoms. The summed E-state index contributed by atoms with van der Waals surface area (Å²) in [4.78, 5) is 4.37. The van der Waals surface area contributed by atoms with E-state index in [2.05, 4.69) is 14.8 Å². The molecule has 3 rings (SSSR count). The van der Waals surface area contributed by atoms with Crippen molar-refractivity contribution in [2.75, 3.05) is 11.8 Å². The zero-order chi connectivity index (χ0) is 15.7. The molecule has 0 unspecified atom stereocenters. The van der Waals surface area contributed by atoms with Crippen molar-refractivity contribution < 1.29 is 13.2 Å². The molecule has 0 bridgehead atoms. The van der Waals surface area contributed by atoms with Gasteiger partial charge >= 0.3 is 0 Å². The van der Waals surface area contributed by atoms with Gasteiger partial charge in [-0.15, -0.1) is 0 Å². The lowest BCUT2D eigenvalue weighted by atomic mass is 10.3. The summed E-state index contributed by atoms with van der Waals surface area (Å²) in [7, 11) is -2.18. The molecule has 0 aliphatic rings. The van der Waals surface area contributed by atoms with Crippen LogP contribution in [-0.4, -0.2) is 30.1 Å². The van der Waals surface area contributed by atoms with Crippen LogP contribution in [0, 0.1) is 6.92 Å². The maximum Gasteiger partial charge on any atom is 0.262 e. The molecule has 0 saturated carbocycles. The summed E-state index contributed by atoms with van der Waals surface area (Å²) in [6.45, 7) is 1.74. The molecule has 0 atom stereocenters. The van der Waals surface area contributed by atoms with Gasteiger partial charge in [-0.05, 0) is 43.3 Å². The van der Waals surface area contributed by atoms with Gasteiger partial charge in [-0.1, -0.05) is 0 Å². The molecule has 2 aromatic heterocycles. The number of pyridine rings is 1. The number of methoxy groups -OCH3 is 1. The Morgan fingerprint density at radius 3 is 2.59 bits per heavy atom. The summed E-state index contributed by atoms with van der Waals surface area (Å²) >= 11 is 0. The molecule has 1 aromatic carbocycles. The number of hydrogen-bond acceptors (Lipinski definition) is 5. The van der Waals surface area contributed by atoms with Crippen LogP contribution in [0.25, 0.3) is 5.65 Å². The Labute approximate surface area is 127 Å². The van der Waals surface area contributed by atoms with E-state index in [0.29, 0.717) is 22.9 Å². The van der Waals surface area contributed by atoms with E-state index >= 15 is 0 Å². The molecule has 0 amide bonds. The van der Waals surface area contributed by atoms with Gasteiger partial charge in [0.05, 0.1) is 17.7 Å². The van der Waals surface area contributed by atoms with E-state index < -0.39 is 10.0 Å². The van der Waals surface area contributed by atoms with E-state index in [1.165, 1.54) is 23.8 Å². The summed E-state index contributed by atoms with van der Waals surface area (Å²) in [6.07, 6.45) is 1.71. The summed E-state index contributed by atoms with van der Waals surface area (Å²) in [6, 6.07) is 9.50. The number of hydrogen-bond donors (Lipinski definition) is 1. The monoisotopic (exact) mass is 318 g/mol. The zero-order valence-electron chi connectivity index (χ0n) is 12.0. The smallest absolute Gasteiger partial charge is 0.262 e. The van der Waals surface area contributed by atoms with Crippen LogP contribution in [0.15, 0.2) is 47.5 Å². The van der Waals surface area contributed by atoms with E-state index in [4.69, 9.17) is 4.74 Å². The normalized spacial score (nSPS) is 11.5. The number of sulfonamides is 1. The largest absolute Gasteiger partial charge is 0.497 e. The number of anilines is 1. The predicted molar refractivity (Wildman–Crippen MR) is 81.5 cm³/mol. The summed E-state index contributed by atoms with van der Waals surface area (Å²) in [5.74, 6) is 1.16. The Morgan fingerprint density at radius 1 is 1.18 bits per heavy atom. The van der Waals surface area contributed by atoms with Gasteiger partial charge in [0, 0.05) is 6.20 Å². The minimum Gasteiger partial charge on any atom is -0.497 e. The SMILES string of the molecule is COc1ccc(S(=O)(=O)Nc2cccn3nc(C)nc23)cc1. The third kappa shape index (κ3) is 2.60. The molecule has 114 valence electrons. The zero-order valence-corrected chi connectivity index (χ0v) is 12.8. The van der Waals surface area contributed by atoms with Gasteiger partial charge in [-0.3, -0.25) is 4.72 Å². The number of nitrogens with zero attached hydrogens (tertiary/aromatic N) is 3. The van der Waals surface area contributed by atoms with Gasteiger partial charge in [-0.25, -0.2) is 17.9 Å². The Bertz CT molecular complexity index is 917. The molecule has 0 radical (unpaired) electrons. The molecule has 0 aliphatic heterocycles. The van der Waals surface area contributed by atoms with Crippen LogP contribution in [0.1, 0.15) is 5.82 Å². The fourth-order valence-electron chi connectivity index (χ4n) is 2.05. The highest BCUT2D eigenvalue weighted by Crippen LogP contribution is 2.21. The average molecular weight is 318 g/mol. The molecule has 7 nitrogen and oxygen atoms in total. The Hall–Kier alpha value is -2.61. The van der Waals surface area contributed by atoms with Crippen molar-refractivity contribution in [1.29, 1.82) is 0 Å². The van der Waals surface area contributed by atoms with Gasteiger partial charge < -0.3 is 4.74 Å². The number of fused-ring (bicyclic) bond motifs is 1. The van der Waals surface area contributed by atoms with Crippen LogP contribution in [-0.2, 0) is 10.0 Å². The van der Waals surface area contributed by atoms with Crippen LogP contribution in [0.2, 0.25) is 0 Å². The number of nitrogens with one attached hydrogen (secondary N) is 1. The Kier molecular flexibility index (Phi) is 3.45. The molecule has 3 aromatic rings. The molecule has 2 heterocycles. The maximum absolute atomic E-state index is 12.4. The van der Waals surface area contributed by atoms with E-state index in [0.717, 1.165) is 0 Å².